The quantitative estimate of drug-likeness (QED) is 0.780. The molecule has 1 rings (SSSR count). The van der Waals surface area contributed by atoms with E-state index in [1.54, 1.807) is 0 Å². The summed E-state index contributed by atoms with van der Waals surface area (Å²) < 4.78 is 5.25. The highest BCUT2D eigenvalue weighted by Crippen LogP contribution is 2.18. The van der Waals surface area contributed by atoms with Crippen LogP contribution in [0.3, 0.4) is 0 Å². The smallest absolute Gasteiger partial charge is 0.119 e. The van der Waals surface area contributed by atoms with Crippen LogP contribution in [-0.4, -0.2) is 22.9 Å². The number of aliphatic hydroxyl groups is 2. The minimum absolute atomic E-state index is 0.0670. The minimum atomic E-state index is -0.935. The zero-order valence-corrected chi connectivity index (χ0v) is 9.05. The van der Waals surface area contributed by atoms with Gasteiger partial charge in [-0.3, -0.25) is 0 Å². The van der Waals surface area contributed by atoms with E-state index >= 15 is 0 Å². The van der Waals surface area contributed by atoms with E-state index in [1.165, 1.54) is 5.56 Å². The van der Waals surface area contributed by atoms with Gasteiger partial charge in [-0.25, -0.2) is 0 Å². The van der Waals surface area contributed by atoms with Crippen LogP contribution < -0.4 is 4.74 Å². The van der Waals surface area contributed by atoms with Crippen molar-refractivity contribution in [1.82, 2.24) is 0 Å². The molecule has 0 saturated heterocycles. The zero-order valence-electron chi connectivity index (χ0n) is 9.05. The first-order valence-electron chi connectivity index (χ1n) is 5.02. The second-order valence-electron chi connectivity index (χ2n) is 3.75. The Hall–Kier alpha value is -1.06. The molecular formula is C12H17O3. The molecule has 0 aliphatic rings. The lowest BCUT2D eigenvalue weighted by atomic mass is 10.0. The van der Waals surface area contributed by atoms with Crippen LogP contribution >= 0.6 is 0 Å². The Morgan fingerprint density at radius 1 is 1.27 bits per heavy atom. The maximum absolute atomic E-state index is 9.03. The van der Waals surface area contributed by atoms with Gasteiger partial charge in [0, 0.05) is 0 Å². The Morgan fingerprint density at radius 3 is 2.33 bits per heavy atom. The van der Waals surface area contributed by atoms with Gasteiger partial charge in [-0.1, -0.05) is 26.0 Å². The van der Waals surface area contributed by atoms with Crippen molar-refractivity contribution < 1.29 is 14.9 Å². The summed E-state index contributed by atoms with van der Waals surface area (Å²) in [7, 11) is 0. The average Bonchev–Trinajstić information content (AvgIpc) is 2.26. The summed E-state index contributed by atoms with van der Waals surface area (Å²) in [4.78, 5) is 0. The third kappa shape index (κ3) is 3.90. The van der Waals surface area contributed by atoms with E-state index in [0.29, 0.717) is 18.3 Å². The molecule has 1 unspecified atom stereocenters. The summed E-state index contributed by atoms with van der Waals surface area (Å²) >= 11 is 0. The standard InChI is InChI=1S/C12H17O3/c1-9(2)10-3-5-12(6-4-10)15-8-11(14)7-13/h3-7,9,11,13-14H,8H2,1-2H3. The van der Waals surface area contributed by atoms with Crippen molar-refractivity contribution in [3.8, 4) is 5.75 Å². The van der Waals surface area contributed by atoms with Crippen molar-refractivity contribution in [2.75, 3.05) is 6.61 Å². The zero-order chi connectivity index (χ0) is 11.3. The van der Waals surface area contributed by atoms with Gasteiger partial charge in [-0.05, 0) is 23.6 Å². The Balaban J connectivity index is 2.50. The highest BCUT2D eigenvalue weighted by molar-refractivity contribution is 5.28. The first kappa shape index (κ1) is 12.0. The number of hydrogen-bond acceptors (Lipinski definition) is 3. The Kier molecular flexibility index (Phi) is 4.59. The fourth-order valence-electron chi connectivity index (χ4n) is 1.17. The first-order chi connectivity index (χ1) is 7.13. The monoisotopic (exact) mass is 209 g/mol. The average molecular weight is 209 g/mol. The van der Waals surface area contributed by atoms with E-state index in [1.807, 2.05) is 24.3 Å². The topological polar surface area (TPSA) is 49.7 Å². The molecule has 0 spiro atoms. The predicted octanol–water partition coefficient (Wildman–Crippen LogP) is 2.08. The molecule has 1 atom stereocenters. The summed E-state index contributed by atoms with van der Waals surface area (Å²) in [6.07, 6.45) is -0.935. The van der Waals surface area contributed by atoms with Gasteiger partial charge in [0.15, 0.2) is 0 Å². The van der Waals surface area contributed by atoms with Crippen molar-refractivity contribution in [3.63, 3.8) is 0 Å². The van der Waals surface area contributed by atoms with Crippen molar-refractivity contribution >= 4 is 0 Å². The first-order valence-corrected chi connectivity index (χ1v) is 5.02. The highest BCUT2D eigenvalue weighted by atomic mass is 16.5. The van der Waals surface area contributed by atoms with Crippen LogP contribution in [0.25, 0.3) is 0 Å². The molecule has 0 aliphatic carbocycles. The van der Waals surface area contributed by atoms with Gasteiger partial charge in [0.05, 0.1) is 0 Å². The fourth-order valence-corrected chi connectivity index (χ4v) is 1.17. The number of hydrogen-bond donors (Lipinski definition) is 2. The van der Waals surface area contributed by atoms with Gasteiger partial charge in [-0.15, -0.1) is 0 Å². The molecule has 0 saturated carbocycles. The predicted molar refractivity (Wildman–Crippen MR) is 58.3 cm³/mol. The molecule has 15 heavy (non-hydrogen) atoms. The second kappa shape index (κ2) is 5.73. The number of aliphatic hydroxyl groups excluding tert-OH is 2. The largest absolute Gasteiger partial charge is 0.491 e. The Bertz CT molecular complexity index is 279. The van der Waals surface area contributed by atoms with Crippen LogP contribution in [0.5, 0.6) is 5.75 Å². The van der Waals surface area contributed by atoms with E-state index in [9.17, 15) is 0 Å². The van der Waals surface area contributed by atoms with Crippen LogP contribution in [0.1, 0.15) is 25.3 Å². The normalized spacial score (nSPS) is 12.9. The van der Waals surface area contributed by atoms with E-state index in [0.717, 1.165) is 0 Å². The molecule has 3 heteroatoms. The van der Waals surface area contributed by atoms with E-state index < -0.39 is 6.10 Å². The van der Waals surface area contributed by atoms with E-state index in [2.05, 4.69) is 13.8 Å². The number of benzene rings is 1. The molecule has 0 fully saturated rings. The molecule has 2 N–H and O–H groups in total. The van der Waals surface area contributed by atoms with Crippen molar-refractivity contribution in [2.24, 2.45) is 0 Å². The summed E-state index contributed by atoms with van der Waals surface area (Å²) in [6, 6.07) is 7.71. The summed E-state index contributed by atoms with van der Waals surface area (Å²) in [5.41, 5.74) is 1.25. The van der Waals surface area contributed by atoms with Gasteiger partial charge in [0.25, 0.3) is 0 Å². The van der Waals surface area contributed by atoms with Crippen LogP contribution in [0, 0.1) is 6.61 Å². The van der Waals surface area contributed by atoms with Gasteiger partial charge < -0.3 is 14.9 Å². The van der Waals surface area contributed by atoms with Gasteiger partial charge in [0.1, 0.15) is 25.1 Å². The number of rotatable bonds is 5. The Morgan fingerprint density at radius 2 is 1.87 bits per heavy atom. The lowest BCUT2D eigenvalue weighted by molar-refractivity contribution is 0.0915. The molecule has 0 aliphatic heterocycles. The lowest BCUT2D eigenvalue weighted by Crippen LogP contribution is -2.17. The third-order valence-electron chi connectivity index (χ3n) is 2.14. The Labute approximate surface area is 90.3 Å². The molecule has 1 radical (unpaired) electrons. The molecule has 1 aromatic carbocycles. The fraction of sp³-hybridized carbons (Fsp3) is 0.417. The second-order valence-corrected chi connectivity index (χ2v) is 3.75. The summed E-state index contributed by atoms with van der Waals surface area (Å²) in [5.74, 6) is 1.19. The number of ether oxygens (including phenoxy) is 1. The van der Waals surface area contributed by atoms with Gasteiger partial charge in [0.2, 0.25) is 0 Å². The van der Waals surface area contributed by atoms with Crippen LogP contribution in [0.15, 0.2) is 24.3 Å². The van der Waals surface area contributed by atoms with Gasteiger partial charge in [-0.2, -0.15) is 0 Å². The summed E-state index contributed by atoms with van der Waals surface area (Å²) in [5, 5.41) is 17.5. The molecule has 0 heterocycles. The molecule has 3 nitrogen and oxygen atoms in total. The van der Waals surface area contributed by atoms with E-state index in [-0.39, 0.29) is 6.61 Å². The van der Waals surface area contributed by atoms with Crippen molar-refractivity contribution in [2.45, 2.75) is 25.9 Å². The maximum atomic E-state index is 9.03. The van der Waals surface area contributed by atoms with Crippen LogP contribution in [0.4, 0.5) is 0 Å². The maximum Gasteiger partial charge on any atom is 0.119 e. The van der Waals surface area contributed by atoms with Crippen LogP contribution in [-0.2, 0) is 0 Å². The van der Waals surface area contributed by atoms with Crippen LogP contribution in [0.2, 0.25) is 0 Å². The molecule has 0 bridgehead atoms. The van der Waals surface area contributed by atoms with E-state index in [4.69, 9.17) is 14.9 Å². The minimum Gasteiger partial charge on any atom is -0.491 e. The molecule has 83 valence electrons. The molecule has 0 amide bonds. The van der Waals surface area contributed by atoms with Gasteiger partial charge >= 0.3 is 0 Å². The SMILES string of the molecule is CC(C)c1ccc(OCC(O)[CH]O)cc1. The van der Waals surface area contributed by atoms with Crippen molar-refractivity contribution in [1.29, 1.82) is 0 Å². The molecule has 1 aromatic rings. The third-order valence-corrected chi connectivity index (χ3v) is 2.14. The lowest BCUT2D eigenvalue weighted by Gasteiger charge is -2.10. The molecule has 0 aromatic heterocycles. The molecular weight excluding hydrogens is 192 g/mol. The highest BCUT2D eigenvalue weighted by Gasteiger charge is 2.04. The summed E-state index contributed by atoms with van der Waals surface area (Å²) in [6.45, 7) is 5.03. The van der Waals surface area contributed by atoms with Crippen molar-refractivity contribution in [3.05, 3.63) is 36.4 Å².